The first-order chi connectivity index (χ1) is 16.6. The van der Waals surface area contributed by atoms with Gasteiger partial charge in [0, 0.05) is 17.9 Å². The van der Waals surface area contributed by atoms with Crippen LogP contribution in [0.25, 0.3) is 16.9 Å². The van der Waals surface area contributed by atoms with Crippen molar-refractivity contribution in [2.24, 2.45) is 0 Å². The van der Waals surface area contributed by atoms with Crippen LogP contribution in [0.2, 0.25) is 0 Å². The molecule has 0 radical (unpaired) electrons. The van der Waals surface area contributed by atoms with Crippen LogP contribution in [0.4, 0.5) is 16.4 Å². The van der Waals surface area contributed by atoms with E-state index in [0.29, 0.717) is 23.7 Å². The number of anilines is 2. The van der Waals surface area contributed by atoms with Gasteiger partial charge >= 0.3 is 6.09 Å². The van der Waals surface area contributed by atoms with Crippen molar-refractivity contribution in [3.63, 3.8) is 0 Å². The molecule has 176 valence electrons. The number of hydrogen-bond acceptors (Lipinski definition) is 7. The fraction of sp³-hybridized carbons (Fsp3) is 0.348. The fourth-order valence-electron chi connectivity index (χ4n) is 4.32. The van der Waals surface area contributed by atoms with Crippen LogP contribution in [0, 0.1) is 0 Å². The lowest BCUT2D eigenvalue weighted by Gasteiger charge is -2.28. The van der Waals surface area contributed by atoms with Gasteiger partial charge in [0.15, 0.2) is 5.65 Å². The van der Waals surface area contributed by atoms with E-state index >= 15 is 0 Å². The van der Waals surface area contributed by atoms with Gasteiger partial charge in [0.05, 0.1) is 30.7 Å². The third kappa shape index (κ3) is 4.63. The molecule has 3 heterocycles. The summed E-state index contributed by atoms with van der Waals surface area (Å²) < 4.78 is 9.36. The van der Waals surface area contributed by atoms with Crippen LogP contribution in [0.3, 0.4) is 0 Å². The van der Waals surface area contributed by atoms with Gasteiger partial charge in [0.2, 0.25) is 5.95 Å². The number of imidazole rings is 1. The van der Waals surface area contributed by atoms with Gasteiger partial charge in [0.25, 0.3) is 0 Å². The lowest BCUT2D eigenvalue weighted by atomic mass is 9.91. The highest BCUT2D eigenvalue weighted by Crippen LogP contribution is 2.29. The number of fused-ring (bicyclic) bond motifs is 1. The van der Waals surface area contributed by atoms with Gasteiger partial charge in [-0.3, -0.25) is 9.25 Å². The zero-order valence-corrected chi connectivity index (χ0v) is 18.8. The Kier molecular flexibility index (Phi) is 5.98. The van der Waals surface area contributed by atoms with Gasteiger partial charge in [-0.2, -0.15) is 10.1 Å². The van der Waals surface area contributed by atoms with E-state index in [9.17, 15) is 4.79 Å². The predicted octanol–water partition coefficient (Wildman–Crippen LogP) is 3.91. The molecule has 34 heavy (non-hydrogen) atoms. The van der Waals surface area contributed by atoms with Gasteiger partial charge in [-0.25, -0.2) is 14.8 Å². The maximum atomic E-state index is 10.8. The molecule has 0 atom stereocenters. The van der Waals surface area contributed by atoms with E-state index < -0.39 is 6.09 Å². The zero-order valence-electron chi connectivity index (χ0n) is 18.8. The summed E-state index contributed by atoms with van der Waals surface area (Å²) in [5.74, 6) is 1.27. The normalized spacial score (nSPS) is 18.0. The molecule has 0 aliphatic heterocycles. The van der Waals surface area contributed by atoms with Gasteiger partial charge in [0.1, 0.15) is 17.6 Å². The Morgan fingerprint density at radius 2 is 1.94 bits per heavy atom. The number of carboxylic acid groups (broad SMARTS) is 1. The van der Waals surface area contributed by atoms with Crippen molar-refractivity contribution in [1.82, 2.24) is 34.6 Å². The van der Waals surface area contributed by atoms with E-state index in [1.54, 1.807) is 18.7 Å². The molecule has 0 saturated heterocycles. The van der Waals surface area contributed by atoms with Crippen molar-refractivity contribution in [3.8, 4) is 11.4 Å². The summed E-state index contributed by atoms with van der Waals surface area (Å²) in [6.45, 7) is 2.58. The van der Waals surface area contributed by atoms with E-state index in [1.165, 1.54) is 0 Å². The minimum absolute atomic E-state index is 0.0160. The van der Waals surface area contributed by atoms with E-state index in [0.717, 1.165) is 42.8 Å². The lowest BCUT2D eigenvalue weighted by molar-refractivity contribution is 0.181. The number of aromatic nitrogens is 6. The standard InChI is InChI=1S/C23H26N8O3/c1-2-34-19-9-7-17(8-10-19)30-14-25-20-12-24-22(29-21(20)30)27-16-11-26-31(13-16)18-5-3-15(4-6-18)28-23(32)33/h7-15,18,28H,2-6H2,1H3,(H,32,33)(H,24,27,29). The maximum Gasteiger partial charge on any atom is 0.404 e. The number of ether oxygens (including phenoxy) is 1. The van der Waals surface area contributed by atoms with Crippen molar-refractivity contribution >= 4 is 28.9 Å². The predicted molar refractivity (Wildman–Crippen MR) is 126 cm³/mol. The molecular formula is C23H26N8O3. The molecule has 11 heteroatoms. The molecule has 0 bridgehead atoms. The van der Waals surface area contributed by atoms with Gasteiger partial charge in [-0.1, -0.05) is 0 Å². The second-order valence-corrected chi connectivity index (χ2v) is 8.23. The molecule has 3 N–H and O–H groups in total. The topological polar surface area (TPSA) is 132 Å². The first kappa shape index (κ1) is 21.7. The molecule has 1 aromatic carbocycles. The van der Waals surface area contributed by atoms with Gasteiger partial charge in [-0.05, 0) is 56.9 Å². The Hall–Kier alpha value is -4.15. The number of benzene rings is 1. The van der Waals surface area contributed by atoms with E-state index in [2.05, 4.69) is 30.7 Å². The Balaban J connectivity index is 1.29. The second-order valence-electron chi connectivity index (χ2n) is 8.23. The fourth-order valence-corrected chi connectivity index (χ4v) is 4.32. The SMILES string of the molecule is CCOc1ccc(-n2cnc3cnc(Nc4cnn(C5CCC(NC(=O)O)CC5)c4)nc32)cc1. The molecule has 3 aromatic heterocycles. The molecule has 0 unspecified atom stereocenters. The molecule has 5 rings (SSSR count). The molecular weight excluding hydrogens is 436 g/mol. The smallest absolute Gasteiger partial charge is 0.404 e. The van der Waals surface area contributed by atoms with Gasteiger partial charge < -0.3 is 20.5 Å². The zero-order chi connectivity index (χ0) is 23.5. The lowest BCUT2D eigenvalue weighted by Crippen LogP contribution is -2.37. The Morgan fingerprint density at radius 1 is 1.15 bits per heavy atom. The molecule has 1 fully saturated rings. The average molecular weight is 463 g/mol. The number of rotatable bonds is 7. The minimum atomic E-state index is -0.963. The van der Waals surface area contributed by atoms with Crippen LogP contribution in [-0.4, -0.2) is 53.1 Å². The second kappa shape index (κ2) is 9.38. The molecule has 1 saturated carbocycles. The Morgan fingerprint density at radius 3 is 2.68 bits per heavy atom. The van der Waals surface area contributed by atoms with Crippen LogP contribution in [0.15, 0.2) is 49.2 Å². The van der Waals surface area contributed by atoms with Crippen molar-refractivity contribution < 1.29 is 14.6 Å². The number of nitrogens with one attached hydrogen (secondary N) is 2. The average Bonchev–Trinajstić information content (AvgIpc) is 3.47. The van der Waals surface area contributed by atoms with Crippen molar-refractivity contribution in [2.75, 3.05) is 11.9 Å². The number of amides is 1. The van der Waals surface area contributed by atoms with Crippen LogP contribution in [-0.2, 0) is 0 Å². The monoisotopic (exact) mass is 462 g/mol. The molecule has 4 aromatic rings. The summed E-state index contributed by atoms with van der Waals surface area (Å²) in [6, 6.07) is 8.03. The highest BCUT2D eigenvalue weighted by Gasteiger charge is 2.24. The number of carbonyl (C=O) groups is 1. The van der Waals surface area contributed by atoms with Crippen molar-refractivity contribution in [3.05, 3.63) is 49.2 Å². The maximum absolute atomic E-state index is 10.8. The minimum Gasteiger partial charge on any atom is -0.494 e. The van der Waals surface area contributed by atoms with Gasteiger partial charge in [-0.15, -0.1) is 0 Å². The summed E-state index contributed by atoms with van der Waals surface area (Å²) in [5.41, 5.74) is 3.11. The number of hydrogen-bond donors (Lipinski definition) is 3. The summed E-state index contributed by atoms with van der Waals surface area (Å²) >= 11 is 0. The van der Waals surface area contributed by atoms with Crippen LogP contribution in [0.1, 0.15) is 38.6 Å². The van der Waals surface area contributed by atoms with E-state index in [4.69, 9.17) is 9.84 Å². The number of nitrogens with zero attached hydrogens (tertiary/aromatic N) is 6. The first-order valence-corrected chi connectivity index (χ1v) is 11.3. The molecule has 11 nitrogen and oxygen atoms in total. The highest BCUT2D eigenvalue weighted by molar-refractivity contribution is 5.74. The van der Waals surface area contributed by atoms with E-state index in [-0.39, 0.29) is 12.1 Å². The van der Waals surface area contributed by atoms with Crippen molar-refractivity contribution in [2.45, 2.75) is 44.7 Å². The molecule has 1 amide bonds. The van der Waals surface area contributed by atoms with Crippen LogP contribution < -0.4 is 15.4 Å². The Bertz CT molecular complexity index is 1280. The summed E-state index contributed by atoms with van der Waals surface area (Å²) in [6.07, 6.45) is 9.49. The quantitative estimate of drug-likeness (QED) is 0.377. The third-order valence-corrected chi connectivity index (χ3v) is 5.97. The highest BCUT2D eigenvalue weighted by atomic mass is 16.5. The first-order valence-electron chi connectivity index (χ1n) is 11.3. The third-order valence-electron chi connectivity index (χ3n) is 5.97. The largest absolute Gasteiger partial charge is 0.494 e. The molecule has 1 aliphatic rings. The Labute approximate surface area is 195 Å². The summed E-state index contributed by atoms with van der Waals surface area (Å²) in [7, 11) is 0. The molecule has 1 aliphatic carbocycles. The molecule has 0 spiro atoms. The summed E-state index contributed by atoms with van der Waals surface area (Å²) in [4.78, 5) is 24.3. The summed E-state index contributed by atoms with van der Waals surface area (Å²) in [5, 5.41) is 19.2. The van der Waals surface area contributed by atoms with Crippen molar-refractivity contribution in [1.29, 1.82) is 0 Å². The van der Waals surface area contributed by atoms with E-state index in [1.807, 2.05) is 46.6 Å². The van der Waals surface area contributed by atoms with Crippen LogP contribution in [0.5, 0.6) is 5.75 Å². The van der Waals surface area contributed by atoms with Crippen LogP contribution >= 0.6 is 0 Å².